The Morgan fingerprint density at radius 3 is 2.15 bits per heavy atom. The summed E-state index contributed by atoms with van der Waals surface area (Å²) in [5.74, 6) is -0.120. The van der Waals surface area contributed by atoms with Crippen LogP contribution in [0.1, 0.15) is 0 Å². The fourth-order valence-corrected chi connectivity index (χ4v) is 3.57. The Balaban J connectivity index is 1.49. The van der Waals surface area contributed by atoms with Crippen LogP contribution in [0, 0.1) is 0 Å². The minimum absolute atomic E-state index is 0.294. The molecule has 4 rings (SSSR count). The predicted octanol–water partition coefficient (Wildman–Crippen LogP) is 2.27. The molecule has 6 heteroatoms. The smallest absolute Gasteiger partial charge is 0.281 e. The predicted molar refractivity (Wildman–Crippen MR) is 104 cm³/mol. The van der Waals surface area contributed by atoms with Crippen LogP contribution in [0.3, 0.4) is 0 Å². The van der Waals surface area contributed by atoms with Gasteiger partial charge in [0.1, 0.15) is 11.4 Å². The van der Waals surface area contributed by atoms with Gasteiger partial charge in [-0.3, -0.25) is 9.59 Å². The summed E-state index contributed by atoms with van der Waals surface area (Å²) < 4.78 is 5.31. The topological polar surface area (TPSA) is 53.1 Å². The summed E-state index contributed by atoms with van der Waals surface area (Å²) >= 11 is 0. The first-order valence-electron chi connectivity index (χ1n) is 8.97. The molecule has 0 radical (unpaired) electrons. The van der Waals surface area contributed by atoms with Crippen LogP contribution in [0.25, 0.3) is 0 Å². The molecule has 2 aliphatic rings. The van der Waals surface area contributed by atoms with Gasteiger partial charge in [0, 0.05) is 37.9 Å². The van der Waals surface area contributed by atoms with Crippen molar-refractivity contribution in [3.8, 4) is 5.75 Å². The SMILES string of the molecule is COc1ccccc1N1C(=O)C=C(N2CCN(c3ccccc3)CC2)C1=O. The maximum absolute atomic E-state index is 13.0. The van der Waals surface area contributed by atoms with Crippen molar-refractivity contribution in [2.45, 2.75) is 0 Å². The fraction of sp³-hybridized carbons (Fsp3) is 0.238. The molecular weight excluding hydrogens is 342 g/mol. The van der Waals surface area contributed by atoms with E-state index in [9.17, 15) is 9.59 Å². The van der Waals surface area contributed by atoms with Crippen LogP contribution in [-0.4, -0.2) is 50.0 Å². The second kappa shape index (κ2) is 7.15. The van der Waals surface area contributed by atoms with E-state index >= 15 is 0 Å². The van der Waals surface area contributed by atoms with Gasteiger partial charge >= 0.3 is 0 Å². The number of benzene rings is 2. The summed E-state index contributed by atoms with van der Waals surface area (Å²) in [7, 11) is 1.53. The van der Waals surface area contributed by atoms with Crippen molar-refractivity contribution in [2.75, 3.05) is 43.1 Å². The molecule has 2 heterocycles. The summed E-state index contributed by atoms with van der Waals surface area (Å²) in [4.78, 5) is 31.0. The lowest BCUT2D eigenvalue weighted by atomic mass is 10.2. The lowest BCUT2D eigenvalue weighted by Gasteiger charge is -2.37. The monoisotopic (exact) mass is 363 g/mol. The average molecular weight is 363 g/mol. The quantitative estimate of drug-likeness (QED) is 0.780. The van der Waals surface area contributed by atoms with E-state index in [-0.39, 0.29) is 11.8 Å². The number of carbonyl (C=O) groups is 2. The molecule has 0 atom stereocenters. The number of para-hydroxylation sites is 3. The molecular formula is C21H21N3O3. The van der Waals surface area contributed by atoms with Gasteiger partial charge in [-0.15, -0.1) is 0 Å². The van der Waals surface area contributed by atoms with E-state index in [1.807, 2.05) is 29.2 Å². The van der Waals surface area contributed by atoms with Crippen LogP contribution >= 0.6 is 0 Å². The van der Waals surface area contributed by atoms with Gasteiger partial charge in [0.2, 0.25) is 0 Å². The largest absolute Gasteiger partial charge is 0.495 e. The summed E-state index contributed by atoms with van der Waals surface area (Å²) in [6.07, 6.45) is 1.44. The number of hydrogen-bond donors (Lipinski definition) is 0. The molecule has 2 amide bonds. The number of amides is 2. The highest BCUT2D eigenvalue weighted by Gasteiger charge is 2.37. The Kier molecular flexibility index (Phi) is 4.54. The van der Waals surface area contributed by atoms with Gasteiger partial charge in [-0.2, -0.15) is 0 Å². The van der Waals surface area contributed by atoms with Crippen LogP contribution in [0.5, 0.6) is 5.75 Å². The van der Waals surface area contributed by atoms with Crippen LogP contribution in [-0.2, 0) is 9.59 Å². The summed E-state index contributed by atoms with van der Waals surface area (Å²) in [5.41, 5.74) is 2.11. The van der Waals surface area contributed by atoms with Gasteiger partial charge < -0.3 is 14.5 Å². The second-order valence-electron chi connectivity index (χ2n) is 6.49. The lowest BCUT2D eigenvalue weighted by molar-refractivity contribution is -0.121. The van der Waals surface area contributed by atoms with E-state index in [0.717, 1.165) is 13.1 Å². The third-order valence-electron chi connectivity index (χ3n) is 4.97. The molecule has 0 saturated carbocycles. The number of anilines is 2. The molecule has 138 valence electrons. The Hall–Kier alpha value is -3.28. The summed E-state index contributed by atoms with van der Waals surface area (Å²) in [5, 5.41) is 0. The van der Waals surface area contributed by atoms with Crippen molar-refractivity contribution in [3.05, 3.63) is 66.4 Å². The number of hydrogen-bond acceptors (Lipinski definition) is 5. The highest BCUT2D eigenvalue weighted by molar-refractivity contribution is 6.30. The van der Waals surface area contributed by atoms with Crippen LogP contribution in [0.4, 0.5) is 11.4 Å². The van der Waals surface area contributed by atoms with Crippen molar-refractivity contribution >= 4 is 23.2 Å². The number of nitrogens with zero attached hydrogens (tertiary/aromatic N) is 3. The number of imide groups is 1. The molecule has 6 nitrogen and oxygen atoms in total. The van der Waals surface area contributed by atoms with Gasteiger partial charge in [-0.05, 0) is 24.3 Å². The molecule has 1 fully saturated rings. The van der Waals surface area contributed by atoms with E-state index in [0.29, 0.717) is 30.2 Å². The zero-order valence-electron chi connectivity index (χ0n) is 15.2. The molecule has 0 bridgehead atoms. The molecule has 0 aliphatic carbocycles. The van der Waals surface area contributed by atoms with E-state index in [4.69, 9.17) is 4.74 Å². The molecule has 1 saturated heterocycles. The van der Waals surface area contributed by atoms with Crippen LogP contribution in [0.15, 0.2) is 66.4 Å². The number of rotatable bonds is 4. The van der Waals surface area contributed by atoms with E-state index in [1.165, 1.54) is 23.8 Å². The second-order valence-corrected chi connectivity index (χ2v) is 6.49. The Labute approximate surface area is 158 Å². The zero-order chi connectivity index (χ0) is 18.8. The van der Waals surface area contributed by atoms with Gasteiger partial charge in [-0.25, -0.2) is 4.90 Å². The molecule has 0 unspecified atom stereocenters. The molecule has 0 aromatic heterocycles. The van der Waals surface area contributed by atoms with Gasteiger partial charge in [-0.1, -0.05) is 30.3 Å². The number of ether oxygens (including phenoxy) is 1. The molecule has 2 aromatic rings. The normalized spacial score (nSPS) is 17.4. The standard InChI is InChI=1S/C21H21N3O3/c1-27-19-10-6-5-9-17(19)24-20(25)15-18(21(24)26)23-13-11-22(12-14-23)16-7-3-2-4-8-16/h2-10,15H,11-14H2,1H3. The maximum Gasteiger partial charge on any atom is 0.281 e. The third kappa shape index (κ3) is 3.14. The van der Waals surface area contributed by atoms with Gasteiger partial charge in [0.15, 0.2) is 0 Å². The first-order valence-corrected chi connectivity index (χ1v) is 8.97. The number of piperazine rings is 1. The van der Waals surface area contributed by atoms with Crippen molar-refractivity contribution in [1.82, 2.24) is 4.90 Å². The van der Waals surface area contributed by atoms with Crippen LogP contribution < -0.4 is 14.5 Å². The Bertz CT molecular complexity index is 887. The molecule has 2 aliphatic heterocycles. The Morgan fingerprint density at radius 1 is 0.815 bits per heavy atom. The van der Waals surface area contributed by atoms with Crippen molar-refractivity contribution in [1.29, 1.82) is 0 Å². The Morgan fingerprint density at radius 2 is 1.44 bits per heavy atom. The molecule has 27 heavy (non-hydrogen) atoms. The average Bonchev–Trinajstić information content (AvgIpc) is 3.02. The van der Waals surface area contributed by atoms with E-state index in [2.05, 4.69) is 17.0 Å². The fourth-order valence-electron chi connectivity index (χ4n) is 3.57. The minimum atomic E-state index is -0.329. The van der Waals surface area contributed by atoms with E-state index < -0.39 is 0 Å². The minimum Gasteiger partial charge on any atom is -0.495 e. The summed E-state index contributed by atoms with van der Waals surface area (Å²) in [6.45, 7) is 2.99. The van der Waals surface area contributed by atoms with Crippen molar-refractivity contribution < 1.29 is 14.3 Å². The molecule has 0 spiro atoms. The zero-order valence-corrected chi connectivity index (χ0v) is 15.2. The highest BCUT2D eigenvalue weighted by atomic mass is 16.5. The van der Waals surface area contributed by atoms with Crippen LogP contribution in [0.2, 0.25) is 0 Å². The van der Waals surface area contributed by atoms with Crippen molar-refractivity contribution in [3.63, 3.8) is 0 Å². The molecule has 0 N–H and O–H groups in total. The van der Waals surface area contributed by atoms with Gasteiger partial charge in [0.25, 0.3) is 11.8 Å². The van der Waals surface area contributed by atoms with Crippen molar-refractivity contribution in [2.24, 2.45) is 0 Å². The molecule has 2 aromatic carbocycles. The summed E-state index contributed by atoms with van der Waals surface area (Å²) in [6, 6.07) is 17.3. The number of methoxy groups -OCH3 is 1. The third-order valence-corrected chi connectivity index (χ3v) is 4.97. The number of carbonyl (C=O) groups excluding carboxylic acids is 2. The van der Waals surface area contributed by atoms with Gasteiger partial charge in [0.05, 0.1) is 12.8 Å². The first-order chi connectivity index (χ1) is 13.2. The first kappa shape index (κ1) is 17.1. The maximum atomic E-state index is 13.0. The lowest BCUT2D eigenvalue weighted by Crippen LogP contribution is -2.47. The highest BCUT2D eigenvalue weighted by Crippen LogP contribution is 2.32. The van der Waals surface area contributed by atoms with E-state index in [1.54, 1.807) is 18.2 Å².